The molecular weight excluding hydrogens is 434 g/mol. The van der Waals surface area contributed by atoms with E-state index in [1.165, 1.54) is 23.0 Å². The van der Waals surface area contributed by atoms with E-state index in [0.29, 0.717) is 17.4 Å². The molecule has 0 aliphatic rings. The van der Waals surface area contributed by atoms with Gasteiger partial charge in [-0.1, -0.05) is 48.2 Å². The van der Waals surface area contributed by atoms with Crippen molar-refractivity contribution in [2.24, 2.45) is 14.1 Å². The van der Waals surface area contributed by atoms with Crippen LogP contribution in [-0.4, -0.2) is 30.8 Å². The summed E-state index contributed by atoms with van der Waals surface area (Å²) in [7, 11) is 2.98. The third-order valence-corrected chi connectivity index (χ3v) is 6.52. The molecule has 0 spiro atoms. The molecule has 4 aromatic rings. The molecule has 0 radical (unpaired) electrons. The lowest BCUT2D eigenvalue weighted by atomic mass is 10.2. The Labute approximate surface area is 185 Å². The van der Waals surface area contributed by atoms with Crippen LogP contribution in [0.25, 0.3) is 21.7 Å². The Kier molecular flexibility index (Phi) is 6.01. The van der Waals surface area contributed by atoms with Crippen LogP contribution >= 0.6 is 23.1 Å². The fraction of sp³-hybridized carbons (Fsp3) is 0.190. The fourth-order valence-corrected chi connectivity index (χ4v) is 4.53. The SMILES string of the molecule is Cn1c(=O)c2c(SCC(=O)NCc3ccccc3)nc(-c3cccs3)nc2n(C)c1=O. The molecule has 158 valence electrons. The van der Waals surface area contributed by atoms with Gasteiger partial charge >= 0.3 is 5.69 Å². The number of hydrogen-bond acceptors (Lipinski definition) is 7. The number of carbonyl (C=O) groups excluding carboxylic acids is 1. The summed E-state index contributed by atoms with van der Waals surface area (Å²) in [6.07, 6.45) is 0. The van der Waals surface area contributed by atoms with Gasteiger partial charge in [-0.3, -0.25) is 18.7 Å². The number of fused-ring (bicyclic) bond motifs is 1. The van der Waals surface area contributed by atoms with E-state index in [0.717, 1.165) is 26.8 Å². The predicted molar refractivity (Wildman–Crippen MR) is 122 cm³/mol. The van der Waals surface area contributed by atoms with Gasteiger partial charge in [0.25, 0.3) is 5.56 Å². The van der Waals surface area contributed by atoms with Gasteiger partial charge in [0.2, 0.25) is 5.91 Å². The lowest BCUT2D eigenvalue weighted by Crippen LogP contribution is -2.37. The maximum Gasteiger partial charge on any atom is 0.332 e. The molecule has 1 N–H and O–H groups in total. The average Bonchev–Trinajstić information content (AvgIpc) is 3.33. The summed E-state index contributed by atoms with van der Waals surface area (Å²) in [6, 6.07) is 13.4. The van der Waals surface area contributed by atoms with Gasteiger partial charge in [-0.2, -0.15) is 0 Å². The molecule has 1 amide bonds. The second-order valence-corrected chi connectivity index (χ2v) is 8.70. The van der Waals surface area contributed by atoms with Crippen LogP contribution in [-0.2, 0) is 25.4 Å². The van der Waals surface area contributed by atoms with Crippen molar-refractivity contribution < 1.29 is 4.79 Å². The number of nitrogens with one attached hydrogen (secondary N) is 1. The number of carbonyl (C=O) groups is 1. The number of rotatable bonds is 6. The third kappa shape index (κ3) is 4.30. The van der Waals surface area contributed by atoms with E-state index in [-0.39, 0.29) is 22.7 Å². The van der Waals surface area contributed by atoms with E-state index in [1.807, 2.05) is 47.8 Å². The molecular formula is C21H19N5O3S2. The highest BCUT2D eigenvalue weighted by Crippen LogP contribution is 2.28. The first kappa shape index (κ1) is 21.0. The van der Waals surface area contributed by atoms with Crippen LogP contribution in [0.4, 0.5) is 0 Å². The molecule has 8 nitrogen and oxygen atoms in total. The molecule has 0 saturated heterocycles. The van der Waals surface area contributed by atoms with Crippen molar-refractivity contribution in [3.05, 3.63) is 74.2 Å². The molecule has 0 saturated carbocycles. The van der Waals surface area contributed by atoms with Gasteiger partial charge in [0.1, 0.15) is 10.4 Å². The summed E-state index contributed by atoms with van der Waals surface area (Å²) in [5, 5.41) is 5.37. The van der Waals surface area contributed by atoms with Gasteiger partial charge in [-0.15, -0.1) is 11.3 Å². The quantitative estimate of drug-likeness (QED) is 0.355. The van der Waals surface area contributed by atoms with E-state index in [4.69, 9.17) is 0 Å². The minimum absolute atomic E-state index is 0.0782. The van der Waals surface area contributed by atoms with E-state index < -0.39 is 11.2 Å². The normalized spacial score (nSPS) is 11.0. The number of thioether (sulfide) groups is 1. The first-order valence-electron chi connectivity index (χ1n) is 9.40. The van der Waals surface area contributed by atoms with Crippen LogP contribution in [0.15, 0.2) is 62.5 Å². The number of aromatic nitrogens is 4. The Morgan fingerprint density at radius 2 is 1.84 bits per heavy atom. The van der Waals surface area contributed by atoms with E-state index in [1.54, 1.807) is 7.05 Å². The van der Waals surface area contributed by atoms with E-state index >= 15 is 0 Å². The molecule has 3 aromatic heterocycles. The zero-order chi connectivity index (χ0) is 22.0. The number of hydrogen-bond donors (Lipinski definition) is 1. The summed E-state index contributed by atoms with van der Waals surface area (Å²) in [5.74, 6) is 0.312. The lowest BCUT2D eigenvalue weighted by Gasteiger charge is -2.11. The van der Waals surface area contributed by atoms with Crippen LogP contribution < -0.4 is 16.6 Å². The molecule has 0 atom stereocenters. The molecule has 0 fully saturated rings. The Morgan fingerprint density at radius 1 is 1.06 bits per heavy atom. The third-order valence-electron chi connectivity index (χ3n) is 4.68. The fourth-order valence-electron chi connectivity index (χ4n) is 3.03. The number of benzene rings is 1. The largest absolute Gasteiger partial charge is 0.351 e. The molecule has 31 heavy (non-hydrogen) atoms. The Balaban J connectivity index is 1.68. The van der Waals surface area contributed by atoms with Crippen molar-refractivity contribution in [3.8, 4) is 10.7 Å². The highest BCUT2D eigenvalue weighted by molar-refractivity contribution is 8.00. The zero-order valence-electron chi connectivity index (χ0n) is 16.9. The number of thiophene rings is 1. The van der Waals surface area contributed by atoms with Crippen LogP contribution in [0.3, 0.4) is 0 Å². The molecule has 3 heterocycles. The van der Waals surface area contributed by atoms with Gasteiger partial charge in [-0.25, -0.2) is 14.8 Å². The van der Waals surface area contributed by atoms with E-state index in [2.05, 4.69) is 15.3 Å². The zero-order valence-corrected chi connectivity index (χ0v) is 18.5. The average molecular weight is 454 g/mol. The predicted octanol–water partition coefficient (Wildman–Crippen LogP) is 2.16. The minimum atomic E-state index is -0.483. The maximum atomic E-state index is 12.8. The number of amides is 1. The van der Waals surface area contributed by atoms with Gasteiger partial charge in [0.15, 0.2) is 11.5 Å². The molecule has 0 aliphatic heterocycles. The standard InChI is InChI=1S/C21H19N5O3S2/c1-25-18-16(20(28)26(2)21(25)29)19(24-17(23-18)14-9-6-10-30-14)31-12-15(27)22-11-13-7-4-3-5-8-13/h3-10H,11-12H2,1-2H3,(H,22,27). The van der Waals surface area contributed by atoms with Crippen molar-refractivity contribution in [1.29, 1.82) is 0 Å². The van der Waals surface area contributed by atoms with Crippen molar-refractivity contribution >= 4 is 40.0 Å². The van der Waals surface area contributed by atoms with Gasteiger partial charge in [0.05, 0.1) is 10.6 Å². The van der Waals surface area contributed by atoms with Gasteiger partial charge in [0, 0.05) is 20.6 Å². The topological polar surface area (TPSA) is 98.9 Å². The van der Waals surface area contributed by atoms with Crippen molar-refractivity contribution in [2.45, 2.75) is 11.6 Å². The highest BCUT2D eigenvalue weighted by Gasteiger charge is 2.19. The van der Waals surface area contributed by atoms with Gasteiger partial charge in [-0.05, 0) is 17.0 Å². The van der Waals surface area contributed by atoms with Crippen LogP contribution in [0.1, 0.15) is 5.56 Å². The molecule has 0 aliphatic carbocycles. The number of nitrogens with zero attached hydrogens (tertiary/aromatic N) is 4. The summed E-state index contributed by atoms with van der Waals surface area (Å²) in [6.45, 7) is 0.418. The van der Waals surface area contributed by atoms with Crippen molar-refractivity contribution in [2.75, 3.05) is 5.75 Å². The molecule has 0 unspecified atom stereocenters. The smallest absolute Gasteiger partial charge is 0.332 e. The summed E-state index contributed by atoms with van der Waals surface area (Å²) < 4.78 is 2.35. The molecule has 4 rings (SSSR count). The Morgan fingerprint density at radius 3 is 2.55 bits per heavy atom. The van der Waals surface area contributed by atoms with E-state index in [9.17, 15) is 14.4 Å². The minimum Gasteiger partial charge on any atom is -0.351 e. The second kappa shape index (κ2) is 8.86. The summed E-state index contributed by atoms with van der Waals surface area (Å²) in [5.41, 5.74) is 0.295. The van der Waals surface area contributed by atoms with Crippen LogP contribution in [0.5, 0.6) is 0 Å². The summed E-state index contributed by atoms with van der Waals surface area (Å²) in [4.78, 5) is 47.5. The summed E-state index contributed by atoms with van der Waals surface area (Å²) >= 11 is 2.61. The Bertz CT molecular complexity index is 1360. The van der Waals surface area contributed by atoms with Gasteiger partial charge < -0.3 is 5.32 Å². The maximum absolute atomic E-state index is 12.8. The Hall–Kier alpha value is -3.24. The first-order chi connectivity index (χ1) is 15.0. The molecule has 1 aromatic carbocycles. The van der Waals surface area contributed by atoms with Crippen molar-refractivity contribution in [1.82, 2.24) is 24.4 Å². The molecule has 10 heteroatoms. The van der Waals surface area contributed by atoms with Crippen LogP contribution in [0, 0.1) is 0 Å². The monoisotopic (exact) mass is 453 g/mol. The van der Waals surface area contributed by atoms with Crippen molar-refractivity contribution in [3.63, 3.8) is 0 Å². The lowest BCUT2D eigenvalue weighted by molar-refractivity contribution is -0.118. The van der Waals surface area contributed by atoms with Crippen LogP contribution in [0.2, 0.25) is 0 Å². The second-order valence-electron chi connectivity index (χ2n) is 6.79. The first-order valence-corrected chi connectivity index (χ1v) is 11.3. The number of aryl methyl sites for hydroxylation is 1. The molecule has 0 bridgehead atoms. The highest BCUT2D eigenvalue weighted by atomic mass is 32.2.